The van der Waals surface area contributed by atoms with Crippen LogP contribution in [0.4, 0.5) is 0 Å². The molecule has 0 bridgehead atoms. The first kappa shape index (κ1) is 15.7. The molecule has 0 spiro atoms. The number of benzene rings is 1. The summed E-state index contributed by atoms with van der Waals surface area (Å²) in [6, 6.07) is 4.98. The summed E-state index contributed by atoms with van der Waals surface area (Å²) in [6.45, 7) is 1.83. The minimum atomic E-state index is -0.931. The summed E-state index contributed by atoms with van der Waals surface area (Å²) in [5, 5.41) is 9.89. The molecule has 112 valence electrons. The van der Waals surface area contributed by atoms with Crippen molar-refractivity contribution in [2.75, 3.05) is 5.75 Å². The van der Waals surface area contributed by atoms with Crippen LogP contribution in [0, 0.1) is 0 Å². The molecule has 6 nitrogen and oxygen atoms in total. The molecule has 1 aromatic heterocycles. The van der Waals surface area contributed by atoms with Gasteiger partial charge in [-0.25, -0.2) is 4.98 Å². The molecule has 0 aliphatic carbocycles. The number of carbonyl (C=O) groups is 2. The third-order valence-electron chi connectivity index (χ3n) is 2.88. The maximum Gasteiger partial charge on any atom is 0.313 e. The fourth-order valence-corrected chi connectivity index (χ4v) is 3.08. The average molecular weight is 328 g/mol. The quantitative estimate of drug-likeness (QED) is 0.793. The molecule has 2 rings (SSSR count). The van der Waals surface area contributed by atoms with Crippen molar-refractivity contribution in [1.29, 1.82) is 0 Å². The molecule has 3 N–H and O–H groups in total. The molecule has 0 radical (unpaired) electrons. The molecule has 1 aromatic carbocycles. The van der Waals surface area contributed by atoms with E-state index in [0.29, 0.717) is 15.7 Å². The van der Waals surface area contributed by atoms with Gasteiger partial charge < -0.3 is 15.4 Å². The van der Waals surface area contributed by atoms with Crippen molar-refractivity contribution in [3.8, 4) is 0 Å². The Bertz CT molecular complexity index is 701. The SMILES string of the molecule is CC(CC(N)=O)n1c(SCC(=O)O)nc2ccc(Cl)cc21. The van der Waals surface area contributed by atoms with Gasteiger partial charge in [0, 0.05) is 17.5 Å². The Kier molecular flexibility index (Phi) is 4.74. The largest absolute Gasteiger partial charge is 0.481 e. The maximum atomic E-state index is 11.1. The lowest BCUT2D eigenvalue weighted by Gasteiger charge is -2.15. The monoisotopic (exact) mass is 327 g/mol. The van der Waals surface area contributed by atoms with Gasteiger partial charge >= 0.3 is 5.97 Å². The number of amides is 1. The number of hydrogen-bond acceptors (Lipinski definition) is 4. The van der Waals surface area contributed by atoms with Gasteiger partial charge in [-0.15, -0.1) is 0 Å². The van der Waals surface area contributed by atoms with Crippen molar-refractivity contribution < 1.29 is 14.7 Å². The first-order chi connectivity index (χ1) is 9.88. The zero-order valence-electron chi connectivity index (χ0n) is 11.2. The van der Waals surface area contributed by atoms with Crippen LogP contribution < -0.4 is 5.73 Å². The second-order valence-corrected chi connectivity index (χ2v) is 5.98. The van der Waals surface area contributed by atoms with E-state index >= 15 is 0 Å². The lowest BCUT2D eigenvalue weighted by Crippen LogP contribution is -2.18. The van der Waals surface area contributed by atoms with E-state index in [2.05, 4.69) is 4.98 Å². The summed E-state index contributed by atoms with van der Waals surface area (Å²) in [5.41, 5.74) is 6.70. The van der Waals surface area contributed by atoms with E-state index in [-0.39, 0.29) is 18.2 Å². The number of aliphatic carboxylic acids is 1. The van der Waals surface area contributed by atoms with Crippen LogP contribution in [-0.4, -0.2) is 32.3 Å². The first-order valence-electron chi connectivity index (χ1n) is 6.19. The summed E-state index contributed by atoms with van der Waals surface area (Å²) in [4.78, 5) is 26.3. The van der Waals surface area contributed by atoms with E-state index in [1.54, 1.807) is 22.8 Å². The summed E-state index contributed by atoms with van der Waals surface area (Å²) < 4.78 is 1.81. The van der Waals surface area contributed by atoms with E-state index in [4.69, 9.17) is 22.4 Å². The van der Waals surface area contributed by atoms with Crippen LogP contribution >= 0.6 is 23.4 Å². The number of carbonyl (C=O) groups excluding carboxylic acids is 1. The summed E-state index contributed by atoms with van der Waals surface area (Å²) >= 11 is 7.10. The molecular formula is C13H14ClN3O3S. The molecule has 1 heterocycles. The molecule has 1 amide bonds. The number of nitrogens with two attached hydrogens (primary N) is 1. The summed E-state index contributed by atoms with van der Waals surface area (Å²) in [6.07, 6.45) is 0.138. The zero-order chi connectivity index (χ0) is 15.6. The Morgan fingerprint density at radius 2 is 2.24 bits per heavy atom. The summed E-state index contributed by atoms with van der Waals surface area (Å²) in [7, 11) is 0. The molecule has 0 fully saturated rings. The topological polar surface area (TPSA) is 98.2 Å². The van der Waals surface area contributed by atoms with Gasteiger partial charge in [0.1, 0.15) is 0 Å². The van der Waals surface area contributed by atoms with Crippen molar-refractivity contribution in [2.24, 2.45) is 5.73 Å². The fourth-order valence-electron chi connectivity index (χ4n) is 2.08. The van der Waals surface area contributed by atoms with Crippen LogP contribution in [0.2, 0.25) is 5.02 Å². The Labute approximate surface area is 130 Å². The number of aromatic nitrogens is 2. The minimum Gasteiger partial charge on any atom is -0.481 e. The Hall–Kier alpha value is -1.73. The predicted molar refractivity (Wildman–Crippen MR) is 81.6 cm³/mol. The Morgan fingerprint density at radius 1 is 1.52 bits per heavy atom. The molecule has 2 aromatic rings. The molecule has 1 atom stereocenters. The van der Waals surface area contributed by atoms with Crippen LogP contribution in [0.3, 0.4) is 0 Å². The third-order valence-corrected chi connectivity index (χ3v) is 4.05. The maximum absolute atomic E-state index is 11.1. The fraction of sp³-hybridized carbons (Fsp3) is 0.308. The standard InChI is InChI=1S/C13H14ClN3O3S/c1-7(4-11(15)18)17-10-5-8(14)2-3-9(10)16-13(17)21-6-12(19)20/h2-3,5,7H,4,6H2,1H3,(H2,15,18)(H,19,20). The molecule has 8 heteroatoms. The molecule has 1 unspecified atom stereocenters. The highest BCUT2D eigenvalue weighted by atomic mass is 35.5. The molecule has 0 saturated carbocycles. The molecule has 21 heavy (non-hydrogen) atoms. The number of carboxylic acids is 1. The molecule has 0 aliphatic rings. The number of imidazole rings is 1. The van der Waals surface area contributed by atoms with E-state index in [1.807, 2.05) is 6.92 Å². The lowest BCUT2D eigenvalue weighted by atomic mass is 10.2. The van der Waals surface area contributed by atoms with Crippen molar-refractivity contribution in [1.82, 2.24) is 9.55 Å². The van der Waals surface area contributed by atoms with Gasteiger partial charge in [-0.2, -0.15) is 0 Å². The first-order valence-corrected chi connectivity index (χ1v) is 7.55. The van der Waals surface area contributed by atoms with Crippen LogP contribution in [0.25, 0.3) is 11.0 Å². The van der Waals surface area contributed by atoms with Crippen LogP contribution in [0.15, 0.2) is 23.4 Å². The highest BCUT2D eigenvalue weighted by Crippen LogP contribution is 2.30. The second-order valence-electron chi connectivity index (χ2n) is 4.60. The van der Waals surface area contributed by atoms with Crippen LogP contribution in [0.5, 0.6) is 0 Å². The number of rotatable bonds is 6. The normalized spacial score (nSPS) is 12.5. The molecule has 0 saturated heterocycles. The van der Waals surface area contributed by atoms with Gasteiger partial charge in [-0.05, 0) is 25.1 Å². The van der Waals surface area contributed by atoms with Crippen molar-refractivity contribution >= 4 is 46.3 Å². The average Bonchev–Trinajstić information content (AvgIpc) is 2.73. The number of halogens is 1. The van der Waals surface area contributed by atoms with Crippen molar-refractivity contribution in [2.45, 2.75) is 24.5 Å². The van der Waals surface area contributed by atoms with Gasteiger partial charge in [0.2, 0.25) is 5.91 Å². The van der Waals surface area contributed by atoms with E-state index in [0.717, 1.165) is 17.3 Å². The number of primary amides is 1. The Balaban J connectivity index is 2.49. The van der Waals surface area contributed by atoms with Crippen molar-refractivity contribution in [3.63, 3.8) is 0 Å². The van der Waals surface area contributed by atoms with E-state index in [9.17, 15) is 9.59 Å². The second kappa shape index (κ2) is 6.36. The van der Waals surface area contributed by atoms with Gasteiger partial charge in [0.05, 0.1) is 16.8 Å². The smallest absolute Gasteiger partial charge is 0.313 e. The van der Waals surface area contributed by atoms with E-state index < -0.39 is 11.9 Å². The highest BCUT2D eigenvalue weighted by Gasteiger charge is 2.19. The van der Waals surface area contributed by atoms with Crippen LogP contribution in [0.1, 0.15) is 19.4 Å². The molecular weight excluding hydrogens is 314 g/mol. The summed E-state index contributed by atoms with van der Waals surface area (Å²) in [5.74, 6) is -1.47. The number of hydrogen-bond donors (Lipinski definition) is 2. The van der Waals surface area contributed by atoms with Gasteiger partial charge in [-0.3, -0.25) is 9.59 Å². The minimum absolute atomic E-state index is 0.111. The number of carboxylic acid groups (broad SMARTS) is 1. The van der Waals surface area contributed by atoms with Crippen LogP contribution in [-0.2, 0) is 9.59 Å². The molecule has 0 aliphatic heterocycles. The number of thioether (sulfide) groups is 1. The van der Waals surface area contributed by atoms with Gasteiger partial charge in [-0.1, -0.05) is 23.4 Å². The lowest BCUT2D eigenvalue weighted by molar-refractivity contribution is -0.134. The Morgan fingerprint density at radius 3 is 2.86 bits per heavy atom. The number of nitrogens with zero attached hydrogens (tertiary/aromatic N) is 2. The predicted octanol–water partition coefficient (Wildman–Crippen LogP) is 2.30. The number of fused-ring (bicyclic) bond motifs is 1. The third kappa shape index (κ3) is 3.68. The van der Waals surface area contributed by atoms with E-state index in [1.165, 1.54) is 0 Å². The van der Waals surface area contributed by atoms with Gasteiger partial charge in [0.25, 0.3) is 0 Å². The van der Waals surface area contributed by atoms with Gasteiger partial charge in [0.15, 0.2) is 5.16 Å². The van der Waals surface area contributed by atoms with Crippen molar-refractivity contribution in [3.05, 3.63) is 23.2 Å². The zero-order valence-corrected chi connectivity index (χ0v) is 12.8. The highest BCUT2D eigenvalue weighted by molar-refractivity contribution is 7.99.